The Kier molecular flexibility index (Phi) is 7.95. The molecule has 1 aliphatic rings. The number of hydrogen-bond acceptors (Lipinski definition) is 1. The van der Waals surface area contributed by atoms with Gasteiger partial charge in [0.25, 0.3) is 0 Å². The maximum atomic E-state index is 2.35. The van der Waals surface area contributed by atoms with Gasteiger partial charge in [-0.1, -0.05) is 146 Å². The van der Waals surface area contributed by atoms with E-state index in [0.29, 0.717) is 5.92 Å². The summed E-state index contributed by atoms with van der Waals surface area (Å²) in [6, 6.07) is 61.9. The first kappa shape index (κ1) is 28.8. The second kappa shape index (κ2) is 13.0. The summed E-state index contributed by atoms with van der Waals surface area (Å²) >= 11 is 0. The lowest BCUT2D eigenvalue weighted by Crippen LogP contribution is -2.10. The Hall–Kier alpha value is -5.66. The average molecular weight is 604 g/mol. The summed E-state index contributed by atoms with van der Waals surface area (Å²) in [7, 11) is 0. The highest BCUT2D eigenvalue weighted by molar-refractivity contribution is 5.89. The number of hydrogen-bond donors (Lipinski definition) is 0. The van der Waals surface area contributed by atoms with E-state index in [1.54, 1.807) is 0 Å². The quantitative estimate of drug-likeness (QED) is 0.167. The molecule has 0 unspecified atom stereocenters. The van der Waals surface area contributed by atoms with Crippen molar-refractivity contribution in [3.63, 3.8) is 0 Å². The van der Waals surface area contributed by atoms with Gasteiger partial charge in [0.05, 0.1) is 0 Å². The number of benzene rings is 7. The van der Waals surface area contributed by atoms with Gasteiger partial charge in [-0.15, -0.1) is 0 Å². The van der Waals surface area contributed by atoms with Crippen molar-refractivity contribution in [2.45, 2.75) is 25.2 Å². The Balaban J connectivity index is 1.08. The van der Waals surface area contributed by atoms with Gasteiger partial charge in [0.15, 0.2) is 0 Å². The van der Waals surface area contributed by atoms with Crippen molar-refractivity contribution in [1.29, 1.82) is 0 Å². The maximum Gasteiger partial charge on any atom is 0.0468 e. The second-order valence-electron chi connectivity index (χ2n) is 12.5. The van der Waals surface area contributed by atoms with Crippen molar-refractivity contribution in [3.8, 4) is 11.1 Å². The van der Waals surface area contributed by atoms with Crippen molar-refractivity contribution < 1.29 is 0 Å². The predicted octanol–water partition coefficient (Wildman–Crippen LogP) is 12.3. The number of allylic oxidation sites excluding steroid dienone is 1. The molecule has 0 heterocycles. The fourth-order valence-electron chi connectivity index (χ4n) is 7.14. The molecule has 0 aromatic heterocycles. The number of nitrogens with zero attached hydrogens (tertiary/aromatic N) is 1. The molecule has 1 nitrogen and oxygen atoms in total. The van der Waals surface area contributed by atoms with Gasteiger partial charge in [-0.2, -0.15) is 0 Å². The van der Waals surface area contributed by atoms with E-state index in [-0.39, 0.29) is 0 Å². The van der Waals surface area contributed by atoms with Crippen molar-refractivity contribution in [2.24, 2.45) is 0 Å². The molecule has 1 heteroatoms. The Morgan fingerprint density at radius 1 is 0.511 bits per heavy atom. The van der Waals surface area contributed by atoms with E-state index in [0.717, 1.165) is 36.3 Å². The molecule has 0 saturated carbocycles. The lowest BCUT2D eigenvalue weighted by Gasteiger charge is -2.26. The van der Waals surface area contributed by atoms with E-state index >= 15 is 0 Å². The van der Waals surface area contributed by atoms with Crippen LogP contribution in [0.3, 0.4) is 0 Å². The summed E-state index contributed by atoms with van der Waals surface area (Å²) in [4.78, 5) is 2.33. The van der Waals surface area contributed by atoms with E-state index in [9.17, 15) is 0 Å². The second-order valence-corrected chi connectivity index (χ2v) is 12.5. The molecule has 0 radical (unpaired) electrons. The Morgan fingerprint density at radius 3 is 1.91 bits per heavy atom. The summed E-state index contributed by atoms with van der Waals surface area (Å²) in [5, 5.41) is 2.49. The van der Waals surface area contributed by atoms with E-state index in [2.05, 4.69) is 187 Å². The molecule has 0 amide bonds. The van der Waals surface area contributed by atoms with Gasteiger partial charge in [-0.3, -0.25) is 0 Å². The highest BCUT2D eigenvalue weighted by Gasteiger charge is 2.21. The summed E-state index contributed by atoms with van der Waals surface area (Å²) in [5.74, 6) is 0.321. The average Bonchev–Trinajstić information content (AvgIpc) is 3.15. The first-order valence-corrected chi connectivity index (χ1v) is 16.7. The standard InChI is InChI=1S/C46H37N/c1-3-13-39(14-4-1)46(45-21-11-17-38-15-9-10-20-44(38)45)32-34-22-24-36(25-23-34)37-26-29-42(30-27-37)47(41-18-5-2-6-19-41)43-31-28-35-12-7-8-16-40(35)33-43/h1-9,11-19,21-31,33,46H,10,20,32H2/t46-/m1/s1. The van der Waals surface area contributed by atoms with Gasteiger partial charge in [-0.05, 0) is 105 Å². The number of anilines is 3. The molecule has 0 N–H and O–H groups in total. The van der Waals surface area contributed by atoms with Gasteiger partial charge in [0, 0.05) is 23.0 Å². The molecular formula is C46H37N. The lowest BCUT2D eigenvalue weighted by atomic mass is 9.80. The summed E-state index contributed by atoms with van der Waals surface area (Å²) in [5.41, 5.74) is 13.0. The molecule has 1 atom stereocenters. The normalized spacial score (nSPS) is 12.9. The molecular weight excluding hydrogens is 567 g/mol. The molecule has 8 rings (SSSR count). The Morgan fingerprint density at radius 2 is 1.15 bits per heavy atom. The highest BCUT2D eigenvalue weighted by atomic mass is 15.1. The number of para-hydroxylation sites is 1. The van der Waals surface area contributed by atoms with Crippen molar-refractivity contribution in [1.82, 2.24) is 0 Å². The van der Waals surface area contributed by atoms with Crippen molar-refractivity contribution >= 4 is 33.9 Å². The number of fused-ring (bicyclic) bond motifs is 2. The molecule has 7 aromatic rings. The minimum Gasteiger partial charge on any atom is -0.310 e. The topological polar surface area (TPSA) is 3.24 Å². The van der Waals surface area contributed by atoms with E-state index in [4.69, 9.17) is 0 Å². The molecule has 0 fully saturated rings. The molecule has 0 bridgehead atoms. The zero-order valence-corrected chi connectivity index (χ0v) is 26.5. The van der Waals surface area contributed by atoms with Gasteiger partial charge in [0.2, 0.25) is 0 Å². The summed E-state index contributed by atoms with van der Waals surface area (Å²) in [6.07, 6.45) is 7.80. The van der Waals surface area contributed by atoms with E-state index < -0.39 is 0 Å². The van der Waals surface area contributed by atoms with Crippen molar-refractivity contribution in [3.05, 3.63) is 204 Å². The van der Waals surface area contributed by atoms with Crippen LogP contribution in [0.25, 0.3) is 28.0 Å². The first-order chi connectivity index (χ1) is 23.3. The SMILES string of the molecule is C1=Cc2cccc([C@H](Cc3ccc(-c4ccc(N(c5ccccc5)c5ccc6ccccc6c5)cc4)cc3)c3ccccc3)c2CC1. The summed E-state index contributed by atoms with van der Waals surface area (Å²) in [6.45, 7) is 0. The van der Waals surface area contributed by atoms with Crippen LogP contribution in [-0.4, -0.2) is 0 Å². The van der Waals surface area contributed by atoms with Crippen LogP contribution in [-0.2, 0) is 12.8 Å². The summed E-state index contributed by atoms with van der Waals surface area (Å²) < 4.78 is 0. The Labute approximate surface area is 278 Å². The van der Waals surface area contributed by atoms with Crippen LogP contribution in [0.15, 0.2) is 176 Å². The smallest absolute Gasteiger partial charge is 0.0468 e. The van der Waals surface area contributed by atoms with Crippen LogP contribution in [0.5, 0.6) is 0 Å². The van der Waals surface area contributed by atoms with Crippen molar-refractivity contribution in [2.75, 3.05) is 4.90 Å². The predicted molar refractivity (Wildman–Crippen MR) is 200 cm³/mol. The molecule has 0 spiro atoms. The minimum atomic E-state index is 0.321. The van der Waals surface area contributed by atoms with E-state index in [1.165, 1.54) is 49.7 Å². The largest absolute Gasteiger partial charge is 0.310 e. The van der Waals surface area contributed by atoms with Crippen LogP contribution in [0, 0.1) is 0 Å². The van der Waals surface area contributed by atoms with Crippen LogP contribution >= 0.6 is 0 Å². The van der Waals surface area contributed by atoms with Crippen LogP contribution in [0.2, 0.25) is 0 Å². The lowest BCUT2D eigenvalue weighted by molar-refractivity contribution is 0.783. The van der Waals surface area contributed by atoms with Gasteiger partial charge in [-0.25, -0.2) is 0 Å². The number of rotatable bonds is 8. The van der Waals surface area contributed by atoms with Gasteiger partial charge in [0.1, 0.15) is 0 Å². The third-order valence-electron chi connectivity index (χ3n) is 9.54. The zero-order chi connectivity index (χ0) is 31.4. The molecule has 1 aliphatic carbocycles. The van der Waals surface area contributed by atoms with Gasteiger partial charge < -0.3 is 4.90 Å². The molecule has 7 aromatic carbocycles. The third-order valence-corrected chi connectivity index (χ3v) is 9.54. The van der Waals surface area contributed by atoms with Gasteiger partial charge >= 0.3 is 0 Å². The molecule has 226 valence electrons. The Bertz CT molecular complexity index is 2140. The molecule has 47 heavy (non-hydrogen) atoms. The van der Waals surface area contributed by atoms with Crippen LogP contribution < -0.4 is 4.90 Å². The minimum absolute atomic E-state index is 0.321. The highest BCUT2D eigenvalue weighted by Crippen LogP contribution is 2.38. The fraction of sp³-hybridized carbons (Fsp3) is 0.0870. The fourth-order valence-corrected chi connectivity index (χ4v) is 7.14. The molecule has 0 aliphatic heterocycles. The molecule has 0 saturated heterocycles. The first-order valence-electron chi connectivity index (χ1n) is 16.7. The third kappa shape index (κ3) is 6.01. The monoisotopic (exact) mass is 603 g/mol. The maximum absolute atomic E-state index is 2.35. The van der Waals surface area contributed by atoms with E-state index in [1.807, 2.05) is 0 Å². The van der Waals surface area contributed by atoms with Crippen LogP contribution in [0.4, 0.5) is 17.1 Å². The van der Waals surface area contributed by atoms with Crippen LogP contribution in [0.1, 0.15) is 40.2 Å². The zero-order valence-electron chi connectivity index (χ0n) is 26.5.